The van der Waals surface area contributed by atoms with E-state index in [0.717, 1.165) is 34.4 Å². The Balaban J connectivity index is 2.55. The van der Waals surface area contributed by atoms with Gasteiger partial charge >= 0.3 is 0 Å². The van der Waals surface area contributed by atoms with Gasteiger partial charge in [-0.2, -0.15) is 11.8 Å². The van der Waals surface area contributed by atoms with Gasteiger partial charge in [-0.15, -0.1) is 0 Å². The smallest absolute Gasteiger partial charge is 0.122 e. The maximum atomic E-state index is 5.96. The summed E-state index contributed by atoms with van der Waals surface area (Å²) in [7, 11) is 1.68. The van der Waals surface area contributed by atoms with Gasteiger partial charge in [-0.25, -0.2) is 0 Å². The van der Waals surface area contributed by atoms with Gasteiger partial charge in [-0.05, 0) is 36.4 Å². The van der Waals surface area contributed by atoms with Crippen LogP contribution in [0.4, 0.5) is 0 Å². The summed E-state index contributed by atoms with van der Waals surface area (Å²) in [5, 5.41) is 0.753. The zero-order valence-electron chi connectivity index (χ0n) is 9.70. The minimum atomic E-state index is 0.551. The van der Waals surface area contributed by atoms with Gasteiger partial charge in [0.15, 0.2) is 0 Å². The van der Waals surface area contributed by atoms with Gasteiger partial charge in [0.25, 0.3) is 0 Å². The Kier molecular flexibility index (Phi) is 6.03. The molecule has 0 amide bonds. The van der Waals surface area contributed by atoms with Crippen molar-refractivity contribution in [3.05, 3.63) is 28.8 Å². The third-order valence-corrected chi connectivity index (χ3v) is 3.86. The number of halogens is 1. The molecular formula is C12H18ClNOS. The quantitative estimate of drug-likeness (QED) is 0.852. The molecule has 1 aromatic carbocycles. The highest BCUT2D eigenvalue weighted by molar-refractivity contribution is 7.98. The first-order chi connectivity index (χ1) is 7.67. The van der Waals surface area contributed by atoms with Crippen molar-refractivity contribution >= 4 is 23.4 Å². The summed E-state index contributed by atoms with van der Waals surface area (Å²) in [6.45, 7) is 2.89. The molecule has 16 heavy (non-hydrogen) atoms. The van der Waals surface area contributed by atoms with E-state index >= 15 is 0 Å². The van der Waals surface area contributed by atoms with Crippen LogP contribution >= 0.6 is 23.4 Å². The molecule has 1 aromatic rings. The van der Waals surface area contributed by atoms with E-state index < -0.39 is 0 Å². The molecule has 1 atom stereocenters. The van der Waals surface area contributed by atoms with Crippen LogP contribution in [0, 0.1) is 5.92 Å². The standard InChI is InChI=1S/C12H18ClNOS/c1-9(6-14)7-16-8-10-5-11(13)3-4-12(10)15-2/h3-5,9H,6-8,14H2,1-2H3. The molecule has 90 valence electrons. The molecule has 0 aromatic heterocycles. The van der Waals surface area contributed by atoms with E-state index in [1.807, 2.05) is 30.0 Å². The van der Waals surface area contributed by atoms with Crippen LogP contribution in [0.5, 0.6) is 5.75 Å². The number of rotatable bonds is 6. The molecule has 4 heteroatoms. The molecule has 0 saturated heterocycles. The fraction of sp³-hybridized carbons (Fsp3) is 0.500. The van der Waals surface area contributed by atoms with Crippen LogP contribution in [0.3, 0.4) is 0 Å². The van der Waals surface area contributed by atoms with Crippen LogP contribution in [0.25, 0.3) is 0 Å². The van der Waals surface area contributed by atoms with E-state index in [1.165, 1.54) is 0 Å². The number of benzene rings is 1. The minimum Gasteiger partial charge on any atom is -0.496 e. The maximum Gasteiger partial charge on any atom is 0.122 e. The number of hydrogen-bond donors (Lipinski definition) is 1. The van der Waals surface area contributed by atoms with E-state index in [2.05, 4.69) is 6.92 Å². The Labute approximate surface area is 107 Å². The Morgan fingerprint density at radius 2 is 2.25 bits per heavy atom. The molecular weight excluding hydrogens is 242 g/mol. The van der Waals surface area contributed by atoms with Gasteiger partial charge in [0.2, 0.25) is 0 Å². The van der Waals surface area contributed by atoms with Crippen LogP contribution in [0.15, 0.2) is 18.2 Å². The second-order valence-corrected chi connectivity index (χ2v) is 5.28. The first-order valence-corrected chi connectivity index (χ1v) is 6.81. The van der Waals surface area contributed by atoms with E-state index in [1.54, 1.807) is 7.11 Å². The molecule has 0 heterocycles. The summed E-state index contributed by atoms with van der Waals surface area (Å²) in [5.41, 5.74) is 6.72. The molecule has 2 N–H and O–H groups in total. The number of ether oxygens (including phenoxy) is 1. The third kappa shape index (κ3) is 4.24. The lowest BCUT2D eigenvalue weighted by Gasteiger charge is -2.10. The van der Waals surface area contributed by atoms with Crippen molar-refractivity contribution in [2.24, 2.45) is 11.7 Å². The first-order valence-electron chi connectivity index (χ1n) is 5.27. The van der Waals surface area contributed by atoms with Crippen LogP contribution in [0.1, 0.15) is 12.5 Å². The number of hydrogen-bond acceptors (Lipinski definition) is 3. The van der Waals surface area contributed by atoms with Crippen molar-refractivity contribution in [3.8, 4) is 5.75 Å². The summed E-state index contributed by atoms with van der Waals surface area (Å²) in [6.07, 6.45) is 0. The molecule has 0 aliphatic rings. The van der Waals surface area contributed by atoms with Gasteiger partial charge in [0.05, 0.1) is 7.11 Å². The monoisotopic (exact) mass is 259 g/mol. The lowest BCUT2D eigenvalue weighted by molar-refractivity contribution is 0.411. The molecule has 0 bridgehead atoms. The average Bonchev–Trinajstić information content (AvgIpc) is 2.29. The Morgan fingerprint density at radius 3 is 2.88 bits per heavy atom. The topological polar surface area (TPSA) is 35.2 Å². The predicted octanol–water partition coefficient (Wildman–Crippen LogP) is 3.18. The Bertz CT molecular complexity index is 333. The highest BCUT2D eigenvalue weighted by atomic mass is 35.5. The lowest BCUT2D eigenvalue weighted by Crippen LogP contribution is -2.12. The SMILES string of the molecule is COc1ccc(Cl)cc1CSCC(C)CN. The molecule has 0 spiro atoms. The lowest BCUT2D eigenvalue weighted by atomic mass is 10.2. The van der Waals surface area contributed by atoms with E-state index in [0.29, 0.717) is 5.92 Å². The molecule has 1 unspecified atom stereocenters. The fourth-order valence-electron chi connectivity index (χ4n) is 1.30. The maximum absolute atomic E-state index is 5.96. The van der Waals surface area contributed by atoms with Gasteiger partial charge in [-0.1, -0.05) is 18.5 Å². The first kappa shape index (κ1) is 13.7. The van der Waals surface area contributed by atoms with Crippen molar-refractivity contribution in [2.45, 2.75) is 12.7 Å². The third-order valence-electron chi connectivity index (χ3n) is 2.30. The van der Waals surface area contributed by atoms with Crippen LogP contribution < -0.4 is 10.5 Å². The summed E-state index contributed by atoms with van der Waals surface area (Å²) in [4.78, 5) is 0. The van der Waals surface area contributed by atoms with Gasteiger partial charge in [-0.3, -0.25) is 0 Å². The van der Waals surface area contributed by atoms with E-state index in [9.17, 15) is 0 Å². The summed E-state index contributed by atoms with van der Waals surface area (Å²) >= 11 is 7.82. The molecule has 0 radical (unpaired) electrons. The average molecular weight is 260 g/mol. The van der Waals surface area contributed by atoms with Crippen molar-refractivity contribution in [2.75, 3.05) is 19.4 Å². The highest BCUT2D eigenvalue weighted by Gasteiger charge is 2.05. The summed E-state index contributed by atoms with van der Waals surface area (Å²) in [6, 6.07) is 5.71. The highest BCUT2D eigenvalue weighted by Crippen LogP contribution is 2.27. The number of thioether (sulfide) groups is 1. The van der Waals surface area contributed by atoms with Crippen LogP contribution in [0.2, 0.25) is 5.02 Å². The molecule has 0 aliphatic heterocycles. The zero-order valence-corrected chi connectivity index (χ0v) is 11.3. The normalized spacial score (nSPS) is 12.5. The van der Waals surface area contributed by atoms with E-state index in [-0.39, 0.29) is 0 Å². The second-order valence-electron chi connectivity index (χ2n) is 3.81. The molecule has 0 fully saturated rings. The molecule has 0 aliphatic carbocycles. The predicted molar refractivity (Wildman–Crippen MR) is 72.4 cm³/mol. The molecule has 1 rings (SSSR count). The summed E-state index contributed by atoms with van der Waals surface area (Å²) < 4.78 is 5.29. The summed E-state index contributed by atoms with van der Waals surface area (Å²) in [5.74, 6) is 3.42. The minimum absolute atomic E-state index is 0.551. The zero-order chi connectivity index (χ0) is 12.0. The van der Waals surface area contributed by atoms with Crippen LogP contribution in [-0.2, 0) is 5.75 Å². The number of methoxy groups -OCH3 is 1. The fourth-order valence-corrected chi connectivity index (χ4v) is 2.59. The van der Waals surface area contributed by atoms with Crippen molar-refractivity contribution in [3.63, 3.8) is 0 Å². The van der Waals surface area contributed by atoms with Gasteiger partial charge in [0.1, 0.15) is 5.75 Å². The van der Waals surface area contributed by atoms with Crippen molar-refractivity contribution < 1.29 is 4.74 Å². The Hall–Kier alpha value is -0.380. The van der Waals surface area contributed by atoms with Gasteiger partial charge < -0.3 is 10.5 Å². The number of nitrogens with two attached hydrogens (primary N) is 1. The van der Waals surface area contributed by atoms with Crippen molar-refractivity contribution in [1.29, 1.82) is 0 Å². The largest absolute Gasteiger partial charge is 0.496 e. The van der Waals surface area contributed by atoms with Gasteiger partial charge in [0, 0.05) is 16.3 Å². The van der Waals surface area contributed by atoms with Crippen molar-refractivity contribution in [1.82, 2.24) is 0 Å². The Morgan fingerprint density at radius 1 is 1.50 bits per heavy atom. The van der Waals surface area contributed by atoms with E-state index in [4.69, 9.17) is 22.1 Å². The second kappa shape index (κ2) is 7.05. The van der Waals surface area contributed by atoms with Crippen LogP contribution in [-0.4, -0.2) is 19.4 Å². The molecule has 0 saturated carbocycles. The molecule has 2 nitrogen and oxygen atoms in total.